The number of ether oxygens (including phenoxy) is 2. The molecule has 1 aliphatic rings. The predicted octanol–water partition coefficient (Wildman–Crippen LogP) is 3.69. The SMILES string of the molecule is C/C=C\[C@@H]1CCC[C@H](COC(C)=O)N1C(=O)OCc1ccccc1. The van der Waals surface area contributed by atoms with E-state index in [2.05, 4.69) is 0 Å². The van der Waals surface area contributed by atoms with Gasteiger partial charge in [0.15, 0.2) is 0 Å². The van der Waals surface area contributed by atoms with E-state index in [0.29, 0.717) is 0 Å². The van der Waals surface area contributed by atoms with Crippen LogP contribution >= 0.6 is 0 Å². The summed E-state index contributed by atoms with van der Waals surface area (Å²) in [6, 6.07) is 9.42. The fourth-order valence-corrected chi connectivity index (χ4v) is 2.98. The zero-order chi connectivity index (χ0) is 17.4. The summed E-state index contributed by atoms with van der Waals surface area (Å²) < 4.78 is 10.6. The van der Waals surface area contributed by atoms with Gasteiger partial charge in [-0.3, -0.25) is 9.69 Å². The van der Waals surface area contributed by atoms with E-state index in [1.165, 1.54) is 6.92 Å². The summed E-state index contributed by atoms with van der Waals surface area (Å²) in [7, 11) is 0. The summed E-state index contributed by atoms with van der Waals surface area (Å²) in [5.41, 5.74) is 0.946. The van der Waals surface area contributed by atoms with Crippen molar-refractivity contribution in [2.45, 2.75) is 51.8 Å². The maximum absolute atomic E-state index is 12.6. The smallest absolute Gasteiger partial charge is 0.410 e. The van der Waals surface area contributed by atoms with Crippen LogP contribution in [0.1, 0.15) is 38.7 Å². The number of carbonyl (C=O) groups excluding carboxylic acids is 2. The van der Waals surface area contributed by atoms with Gasteiger partial charge in [-0.25, -0.2) is 4.79 Å². The third-order valence-electron chi connectivity index (χ3n) is 4.10. The van der Waals surface area contributed by atoms with Crippen molar-refractivity contribution < 1.29 is 19.1 Å². The van der Waals surface area contributed by atoms with Crippen LogP contribution in [0.25, 0.3) is 0 Å². The van der Waals surface area contributed by atoms with Crippen LogP contribution in [0.5, 0.6) is 0 Å². The van der Waals surface area contributed by atoms with Gasteiger partial charge in [0, 0.05) is 6.92 Å². The van der Waals surface area contributed by atoms with E-state index in [1.807, 2.05) is 49.4 Å². The Morgan fingerprint density at radius 3 is 2.62 bits per heavy atom. The molecule has 0 saturated carbocycles. The van der Waals surface area contributed by atoms with E-state index in [0.717, 1.165) is 24.8 Å². The highest BCUT2D eigenvalue weighted by molar-refractivity contribution is 5.69. The van der Waals surface area contributed by atoms with Gasteiger partial charge in [-0.05, 0) is 31.7 Å². The van der Waals surface area contributed by atoms with Crippen LogP contribution in [0.3, 0.4) is 0 Å². The Morgan fingerprint density at radius 2 is 1.96 bits per heavy atom. The molecule has 24 heavy (non-hydrogen) atoms. The van der Waals surface area contributed by atoms with Crippen LogP contribution in [0.15, 0.2) is 42.5 Å². The van der Waals surface area contributed by atoms with Crippen molar-refractivity contribution in [3.8, 4) is 0 Å². The van der Waals surface area contributed by atoms with Gasteiger partial charge < -0.3 is 9.47 Å². The van der Waals surface area contributed by atoms with Crippen LogP contribution in [-0.2, 0) is 20.9 Å². The molecule has 0 aromatic heterocycles. The number of rotatable bonds is 5. The van der Waals surface area contributed by atoms with Gasteiger partial charge in [0.2, 0.25) is 0 Å². The molecule has 1 amide bonds. The first kappa shape index (κ1) is 18.0. The first-order valence-corrected chi connectivity index (χ1v) is 8.37. The van der Waals surface area contributed by atoms with Crippen molar-refractivity contribution in [2.24, 2.45) is 0 Å². The zero-order valence-corrected chi connectivity index (χ0v) is 14.3. The Hall–Kier alpha value is -2.30. The summed E-state index contributed by atoms with van der Waals surface area (Å²) in [5, 5.41) is 0. The first-order chi connectivity index (χ1) is 11.6. The average Bonchev–Trinajstić information content (AvgIpc) is 2.59. The lowest BCUT2D eigenvalue weighted by Crippen LogP contribution is -2.51. The second-order valence-electron chi connectivity index (χ2n) is 5.93. The molecule has 0 N–H and O–H groups in total. The molecule has 1 aliphatic heterocycles. The second kappa shape index (κ2) is 9.11. The third kappa shape index (κ3) is 5.11. The molecule has 2 rings (SSSR count). The van der Waals surface area contributed by atoms with Crippen molar-refractivity contribution in [3.05, 3.63) is 48.0 Å². The Kier molecular flexibility index (Phi) is 6.85. The number of hydrogen-bond donors (Lipinski definition) is 0. The predicted molar refractivity (Wildman–Crippen MR) is 91.3 cm³/mol. The minimum absolute atomic E-state index is 0.0208. The number of hydrogen-bond acceptors (Lipinski definition) is 4. The van der Waals surface area contributed by atoms with Crippen LogP contribution in [0, 0.1) is 0 Å². The highest BCUT2D eigenvalue weighted by Gasteiger charge is 2.34. The number of carbonyl (C=O) groups is 2. The number of benzene rings is 1. The quantitative estimate of drug-likeness (QED) is 0.610. The van der Waals surface area contributed by atoms with E-state index in [1.54, 1.807) is 4.90 Å². The van der Waals surface area contributed by atoms with Crippen molar-refractivity contribution in [3.63, 3.8) is 0 Å². The van der Waals surface area contributed by atoms with E-state index in [-0.39, 0.29) is 37.4 Å². The number of allylic oxidation sites excluding steroid dienone is 1. The van der Waals surface area contributed by atoms with Gasteiger partial charge in [-0.1, -0.05) is 42.5 Å². The van der Waals surface area contributed by atoms with Crippen LogP contribution in [-0.4, -0.2) is 35.7 Å². The zero-order valence-electron chi connectivity index (χ0n) is 14.3. The molecule has 5 heteroatoms. The highest BCUT2D eigenvalue weighted by Crippen LogP contribution is 2.25. The van der Waals surface area contributed by atoms with Crippen LogP contribution in [0.4, 0.5) is 4.79 Å². The highest BCUT2D eigenvalue weighted by atomic mass is 16.6. The molecular formula is C19H25NO4. The summed E-state index contributed by atoms with van der Waals surface area (Å²) in [4.78, 5) is 25.5. The normalized spacial score (nSPS) is 20.8. The number of likely N-dealkylation sites (tertiary alicyclic amines) is 1. The van der Waals surface area contributed by atoms with E-state index < -0.39 is 0 Å². The second-order valence-corrected chi connectivity index (χ2v) is 5.93. The Labute approximate surface area is 143 Å². The average molecular weight is 331 g/mol. The van der Waals surface area contributed by atoms with Gasteiger partial charge in [0.25, 0.3) is 0 Å². The number of esters is 1. The standard InChI is InChI=1S/C19H25NO4/c1-3-8-17-11-7-12-18(14-23-15(2)21)20(17)19(22)24-13-16-9-5-4-6-10-16/h3-6,8-10,17-18H,7,11-14H2,1-2H3/b8-3-/t17-,18-/m1/s1. The van der Waals surface area contributed by atoms with Gasteiger partial charge in [-0.15, -0.1) is 0 Å². The Balaban J connectivity index is 2.05. The molecule has 2 atom stereocenters. The third-order valence-corrected chi connectivity index (χ3v) is 4.10. The van der Waals surface area contributed by atoms with Gasteiger partial charge in [0.1, 0.15) is 13.2 Å². The monoisotopic (exact) mass is 331 g/mol. The molecule has 1 saturated heterocycles. The number of amides is 1. The first-order valence-electron chi connectivity index (χ1n) is 8.37. The minimum atomic E-state index is -0.362. The molecule has 1 fully saturated rings. The van der Waals surface area contributed by atoms with Gasteiger partial charge >= 0.3 is 12.1 Å². The molecule has 0 radical (unpaired) electrons. The Bertz CT molecular complexity index is 570. The fourth-order valence-electron chi connectivity index (χ4n) is 2.98. The summed E-state index contributed by atoms with van der Waals surface area (Å²) in [5.74, 6) is -0.333. The molecule has 0 unspecified atom stereocenters. The van der Waals surface area contributed by atoms with Crippen molar-refractivity contribution in [2.75, 3.05) is 6.61 Å². The summed E-state index contributed by atoms with van der Waals surface area (Å²) in [6.45, 7) is 3.76. The molecule has 0 aliphatic carbocycles. The lowest BCUT2D eigenvalue weighted by Gasteiger charge is -2.39. The van der Waals surface area contributed by atoms with Crippen molar-refractivity contribution in [1.29, 1.82) is 0 Å². The van der Waals surface area contributed by atoms with Crippen LogP contribution in [0.2, 0.25) is 0 Å². The molecule has 0 spiro atoms. The van der Waals surface area contributed by atoms with Crippen LogP contribution < -0.4 is 0 Å². The number of piperidine rings is 1. The maximum Gasteiger partial charge on any atom is 0.410 e. The minimum Gasteiger partial charge on any atom is -0.464 e. The summed E-state index contributed by atoms with van der Waals surface area (Å²) >= 11 is 0. The van der Waals surface area contributed by atoms with Crippen molar-refractivity contribution >= 4 is 12.1 Å². The lowest BCUT2D eigenvalue weighted by atomic mass is 9.96. The molecule has 1 aromatic rings. The lowest BCUT2D eigenvalue weighted by molar-refractivity contribution is -0.143. The topological polar surface area (TPSA) is 55.8 Å². The molecule has 5 nitrogen and oxygen atoms in total. The molecule has 0 bridgehead atoms. The fraction of sp³-hybridized carbons (Fsp3) is 0.474. The van der Waals surface area contributed by atoms with Crippen molar-refractivity contribution in [1.82, 2.24) is 4.90 Å². The van der Waals surface area contributed by atoms with E-state index in [4.69, 9.17) is 9.47 Å². The molecular weight excluding hydrogens is 306 g/mol. The molecule has 1 aromatic carbocycles. The van der Waals surface area contributed by atoms with E-state index >= 15 is 0 Å². The van der Waals surface area contributed by atoms with E-state index in [9.17, 15) is 9.59 Å². The number of nitrogens with zero attached hydrogens (tertiary/aromatic N) is 1. The maximum atomic E-state index is 12.6. The Morgan fingerprint density at radius 1 is 1.21 bits per heavy atom. The molecule has 1 heterocycles. The molecule has 130 valence electrons. The van der Waals surface area contributed by atoms with Gasteiger partial charge in [-0.2, -0.15) is 0 Å². The van der Waals surface area contributed by atoms with Gasteiger partial charge in [0.05, 0.1) is 12.1 Å². The summed E-state index contributed by atoms with van der Waals surface area (Å²) in [6.07, 6.45) is 6.27. The largest absolute Gasteiger partial charge is 0.464 e.